The average molecular weight is 251 g/mol. The van der Waals surface area contributed by atoms with Gasteiger partial charge in [-0.05, 0) is 51.7 Å². The standard InChI is InChI=1S/C14H25N3O/c1-3-6-15-9-13-5-4-7-17(10-13)11-14-8-12(2)16-18-14/h8,13,15H,3-7,9-11H2,1-2H3. The summed E-state index contributed by atoms with van der Waals surface area (Å²) >= 11 is 0. The molecule has 18 heavy (non-hydrogen) atoms. The normalized spacial score (nSPS) is 21.3. The monoisotopic (exact) mass is 251 g/mol. The lowest BCUT2D eigenvalue weighted by Gasteiger charge is -2.32. The zero-order valence-electron chi connectivity index (χ0n) is 11.6. The average Bonchev–Trinajstić information content (AvgIpc) is 2.76. The largest absolute Gasteiger partial charge is 0.360 e. The predicted octanol–water partition coefficient (Wildman–Crippen LogP) is 2.19. The summed E-state index contributed by atoms with van der Waals surface area (Å²) < 4.78 is 5.29. The molecule has 2 heterocycles. The maximum absolute atomic E-state index is 5.29. The number of likely N-dealkylation sites (tertiary alicyclic amines) is 1. The van der Waals surface area contributed by atoms with Gasteiger partial charge in [0.1, 0.15) is 0 Å². The van der Waals surface area contributed by atoms with Gasteiger partial charge >= 0.3 is 0 Å². The van der Waals surface area contributed by atoms with Crippen LogP contribution in [0, 0.1) is 12.8 Å². The molecule has 1 aliphatic heterocycles. The number of nitrogens with zero attached hydrogens (tertiary/aromatic N) is 2. The Balaban J connectivity index is 1.76. The molecule has 0 amide bonds. The molecule has 0 saturated carbocycles. The molecule has 1 unspecified atom stereocenters. The minimum Gasteiger partial charge on any atom is -0.360 e. The molecule has 1 atom stereocenters. The summed E-state index contributed by atoms with van der Waals surface area (Å²) in [4.78, 5) is 2.49. The van der Waals surface area contributed by atoms with E-state index in [9.17, 15) is 0 Å². The molecule has 2 rings (SSSR count). The van der Waals surface area contributed by atoms with E-state index >= 15 is 0 Å². The maximum Gasteiger partial charge on any atom is 0.150 e. The van der Waals surface area contributed by atoms with E-state index < -0.39 is 0 Å². The Labute approximate surface area is 110 Å². The van der Waals surface area contributed by atoms with Gasteiger partial charge in [-0.3, -0.25) is 4.90 Å². The first-order chi connectivity index (χ1) is 8.78. The zero-order valence-corrected chi connectivity index (χ0v) is 11.6. The number of rotatable bonds is 6. The van der Waals surface area contributed by atoms with Gasteiger partial charge in [-0.1, -0.05) is 12.1 Å². The molecule has 4 heteroatoms. The van der Waals surface area contributed by atoms with Crippen LogP contribution in [0.5, 0.6) is 0 Å². The van der Waals surface area contributed by atoms with Gasteiger partial charge in [-0.25, -0.2) is 0 Å². The van der Waals surface area contributed by atoms with Gasteiger partial charge in [0.25, 0.3) is 0 Å². The third-order valence-corrected chi connectivity index (χ3v) is 3.52. The lowest BCUT2D eigenvalue weighted by atomic mass is 9.98. The van der Waals surface area contributed by atoms with Crippen LogP contribution in [-0.2, 0) is 6.54 Å². The van der Waals surface area contributed by atoms with E-state index in [1.807, 2.05) is 13.0 Å². The highest BCUT2D eigenvalue weighted by Gasteiger charge is 2.20. The van der Waals surface area contributed by atoms with Crippen molar-refractivity contribution in [1.29, 1.82) is 0 Å². The zero-order chi connectivity index (χ0) is 12.8. The molecule has 0 bridgehead atoms. The molecule has 1 aromatic heterocycles. The Hall–Kier alpha value is -0.870. The Kier molecular flexibility index (Phi) is 5.20. The molecule has 0 aliphatic carbocycles. The van der Waals surface area contributed by atoms with Crippen LogP contribution >= 0.6 is 0 Å². The van der Waals surface area contributed by atoms with E-state index in [-0.39, 0.29) is 0 Å². The highest BCUT2D eigenvalue weighted by atomic mass is 16.5. The second kappa shape index (κ2) is 6.90. The quantitative estimate of drug-likeness (QED) is 0.787. The van der Waals surface area contributed by atoms with Crippen LogP contribution in [-0.4, -0.2) is 36.2 Å². The number of nitrogens with one attached hydrogen (secondary N) is 1. The maximum atomic E-state index is 5.29. The van der Waals surface area contributed by atoms with Crippen LogP contribution in [0.1, 0.15) is 37.6 Å². The molecule has 0 aromatic carbocycles. The Morgan fingerprint density at radius 3 is 3.17 bits per heavy atom. The summed E-state index contributed by atoms with van der Waals surface area (Å²) in [6.07, 6.45) is 3.86. The molecule has 1 N–H and O–H groups in total. The van der Waals surface area contributed by atoms with Crippen molar-refractivity contribution in [1.82, 2.24) is 15.4 Å². The van der Waals surface area contributed by atoms with E-state index in [0.29, 0.717) is 0 Å². The third-order valence-electron chi connectivity index (χ3n) is 3.52. The summed E-state index contributed by atoms with van der Waals surface area (Å²) in [6.45, 7) is 9.75. The smallest absolute Gasteiger partial charge is 0.150 e. The van der Waals surface area contributed by atoms with Gasteiger partial charge in [-0.2, -0.15) is 0 Å². The number of hydrogen-bond donors (Lipinski definition) is 1. The van der Waals surface area contributed by atoms with Crippen molar-refractivity contribution in [3.05, 3.63) is 17.5 Å². The number of piperidine rings is 1. The fourth-order valence-corrected chi connectivity index (χ4v) is 2.66. The molecule has 1 aromatic rings. The molecule has 1 fully saturated rings. The van der Waals surface area contributed by atoms with E-state index in [0.717, 1.165) is 37.0 Å². The van der Waals surface area contributed by atoms with Gasteiger partial charge in [-0.15, -0.1) is 0 Å². The number of hydrogen-bond acceptors (Lipinski definition) is 4. The van der Waals surface area contributed by atoms with Gasteiger partial charge < -0.3 is 9.84 Å². The summed E-state index contributed by atoms with van der Waals surface area (Å²) in [5.74, 6) is 1.78. The van der Waals surface area contributed by atoms with Gasteiger partial charge in [0.2, 0.25) is 0 Å². The third kappa shape index (κ3) is 4.10. The van der Waals surface area contributed by atoms with E-state index in [4.69, 9.17) is 4.52 Å². The molecule has 1 saturated heterocycles. The first-order valence-electron chi connectivity index (χ1n) is 7.13. The van der Waals surface area contributed by atoms with Gasteiger partial charge in [0, 0.05) is 12.6 Å². The lowest BCUT2D eigenvalue weighted by molar-refractivity contribution is 0.151. The first-order valence-corrected chi connectivity index (χ1v) is 7.13. The Bertz CT molecular complexity index is 351. The van der Waals surface area contributed by atoms with E-state index in [1.165, 1.54) is 32.4 Å². The summed E-state index contributed by atoms with van der Waals surface area (Å²) in [6, 6.07) is 2.04. The van der Waals surface area contributed by atoms with Crippen LogP contribution < -0.4 is 5.32 Å². The van der Waals surface area contributed by atoms with Crippen molar-refractivity contribution in [2.24, 2.45) is 5.92 Å². The van der Waals surface area contributed by atoms with Crippen molar-refractivity contribution in [3.63, 3.8) is 0 Å². The van der Waals surface area contributed by atoms with Crippen LogP contribution in [0.3, 0.4) is 0 Å². The highest BCUT2D eigenvalue weighted by molar-refractivity contribution is 5.03. The van der Waals surface area contributed by atoms with Crippen LogP contribution in [0.2, 0.25) is 0 Å². The van der Waals surface area contributed by atoms with Crippen molar-refractivity contribution in [3.8, 4) is 0 Å². The van der Waals surface area contributed by atoms with E-state index in [1.54, 1.807) is 0 Å². The van der Waals surface area contributed by atoms with Crippen LogP contribution in [0.4, 0.5) is 0 Å². The predicted molar refractivity (Wildman–Crippen MR) is 72.4 cm³/mol. The number of aryl methyl sites for hydroxylation is 1. The molecular formula is C14H25N3O. The SMILES string of the molecule is CCCNCC1CCCN(Cc2cc(C)no2)C1. The first kappa shape index (κ1) is 13.6. The fourth-order valence-electron chi connectivity index (χ4n) is 2.66. The molecule has 0 radical (unpaired) electrons. The minimum atomic E-state index is 0.786. The lowest BCUT2D eigenvalue weighted by Crippen LogP contribution is -2.39. The van der Waals surface area contributed by atoms with E-state index in [2.05, 4.69) is 22.3 Å². The molecule has 4 nitrogen and oxygen atoms in total. The molecule has 0 spiro atoms. The van der Waals surface area contributed by atoms with Gasteiger partial charge in [0.05, 0.1) is 12.2 Å². The van der Waals surface area contributed by atoms with Gasteiger partial charge in [0.15, 0.2) is 5.76 Å². The second-order valence-corrected chi connectivity index (χ2v) is 5.38. The molecule has 1 aliphatic rings. The van der Waals surface area contributed by atoms with Crippen LogP contribution in [0.15, 0.2) is 10.6 Å². The highest BCUT2D eigenvalue weighted by Crippen LogP contribution is 2.18. The topological polar surface area (TPSA) is 41.3 Å². The minimum absolute atomic E-state index is 0.786. The van der Waals surface area contributed by atoms with Crippen molar-refractivity contribution in [2.45, 2.75) is 39.7 Å². The Morgan fingerprint density at radius 1 is 1.56 bits per heavy atom. The van der Waals surface area contributed by atoms with Crippen molar-refractivity contribution < 1.29 is 4.52 Å². The number of aromatic nitrogens is 1. The summed E-state index contributed by atoms with van der Waals surface area (Å²) in [5, 5.41) is 7.48. The fraction of sp³-hybridized carbons (Fsp3) is 0.786. The Morgan fingerprint density at radius 2 is 2.44 bits per heavy atom. The van der Waals surface area contributed by atoms with Crippen molar-refractivity contribution in [2.75, 3.05) is 26.2 Å². The molecule has 102 valence electrons. The summed E-state index contributed by atoms with van der Waals surface area (Å²) in [5.41, 5.74) is 0.975. The second-order valence-electron chi connectivity index (χ2n) is 5.38. The van der Waals surface area contributed by atoms with Crippen LogP contribution in [0.25, 0.3) is 0 Å². The molecular weight excluding hydrogens is 226 g/mol. The summed E-state index contributed by atoms with van der Waals surface area (Å²) in [7, 11) is 0. The van der Waals surface area contributed by atoms with Crippen molar-refractivity contribution >= 4 is 0 Å².